The third kappa shape index (κ3) is 3.14. The minimum atomic E-state index is 0.765. The van der Waals surface area contributed by atoms with Crippen molar-refractivity contribution in [1.82, 2.24) is 24.6 Å². The lowest BCUT2D eigenvalue weighted by Gasteiger charge is -2.29. The number of hydrogen-bond acceptors (Lipinski definition) is 5. The topological polar surface area (TPSA) is 58.9 Å². The van der Waals surface area contributed by atoms with E-state index in [-0.39, 0.29) is 0 Å². The van der Waals surface area contributed by atoms with Gasteiger partial charge in [-0.15, -0.1) is 0 Å². The van der Waals surface area contributed by atoms with Crippen LogP contribution < -0.4 is 5.32 Å². The molecule has 3 heterocycles. The Bertz CT molecular complexity index is 513. The third-order valence-corrected chi connectivity index (χ3v) is 3.83. The summed E-state index contributed by atoms with van der Waals surface area (Å²) in [5.41, 5.74) is 1.06. The summed E-state index contributed by atoms with van der Waals surface area (Å²) in [4.78, 5) is 10.7. The van der Waals surface area contributed by atoms with Crippen LogP contribution in [0.3, 0.4) is 0 Å². The first-order chi connectivity index (χ1) is 9.81. The average molecular weight is 272 g/mol. The molecular weight excluding hydrogens is 252 g/mol. The van der Waals surface area contributed by atoms with Crippen LogP contribution in [0.5, 0.6) is 0 Å². The summed E-state index contributed by atoms with van der Waals surface area (Å²) in [6.07, 6.45) is 7.55. The Labute approximate surface area is 118 Å². The van der Waals surface area contributed by atoms with Crippen LogP contribution in [0.1, 0.15) is 12.8 Å². The maximum Gasteiger partial charge on any atom is 0.155 e. The van der Waals surface area contributed by atoms with Gasteiger partial charge in [-0.2, -0.15) is 5.10 Å². The van der Waals surface area contributed by atoms with E-state index in [2.05, 4.69) is 32.3 Å². The molecule has 3 rings (SSSR count). The number of anilines is 1. The molecule has 6 heteroatoms. The highest BCUT2D eigenvalue weighted by atomic mass is 15.3. The summed E-state index contributed by atoms with van der Waals surface area (Å²) < 4.78 is 1.65. The summed E-state index contributed by atoms with van der Waals surface area (Å²) >= 11 is 0. The molecule has 1 N–H and O–H groups in total. The summed E-state index contributed by atoms with van der Waals surface area (Å²) in [7, 11) is 2.19. The van der Waals surface area contributed by atoms with E-state index in [1.54, 1.807) is 11.0 Å². The van der Waals surface area contributed by atoms with Gasteiger partial charge in [0.1, 0.15) is 12.7 Å². The molecule has 2 aromatic heterocycles. The fourth-order valence-electron chi connectivity index (χ4n) is 2.48. The highest BCUT2D eigenvalue weighted by Gasteiger charge is 2.16. The number of aromatic nitrogens is 4. The first-order valence-electron chi connectivity index (χ1n) is 7.05. The van der Waals surface area contributed by atoms with Crippen molar-refractivity contribution >= 4 is 5.69 Å². The van der Waals surface area contributed by atoms with E-state index in [1.165, 1.54) is 32.3 Å². The summed E-state index contributed by atoms with van der Waals surface area (Å²) in [6.45, 7) is 3.43. The number of piperidine rings is 1. The Morgan fingerprint density at radius 3 is 2.80 bits per heavy atom. The van der Waals surface area contributed by atoms with Crippen molar-refractivity contribution in [2.45, 2.75) is 12.8 Å². The molecule has 106 valence electrons. The van der Waals surface area contributed by atoms with Crippen molar-refractivity contribution in [3.8, 4) is 5.82 Å². The van der Waals surface area contributed by atoms with E-state index in [1.807, 2.05) is 18.3 Å². The molecule has 0 unspecified atom stereocenters. The van der Waals surface area contributed by atoms with E-state index in [0.29, 0.717) is 0 Å². The van der Waals surface area contributed by atoms with Gasteiger partial charge in [0.15, 0.2) is 5.82 Å². The zero-order valence-electron chi connectivity index (χ0n) is 11.7. The van der Waals surface area contributed by atoms with Crippen LogP contribution in [-0.4, -0.2) is 51.3 Å². The van der Waals surface area contributed by atoms with Crippen LogP contribution in [0.4, 0.5) is 5.69 Å². The van der Waals surface area contributed by atoms with Gasteiger partial charge in [0, 0.05) is 6.54 Å². The zero-order valence-corrected chi connectivity index (χ0v) is 11.7. The second-order valence-corrected chi connectivity index (χ2v) is 5.37. The second kappa shape index (κ2) is 6.00. The fraction of sp³-hybridized carbons (Fsp3) is 0.500. The normalized spacial score (nSPS) is 17.2. The smallest absolute Gasteiger partial charge is 0.155 e. The monoisotopic (exact) mass is 272 g/mol. The Morgan fingerprint density at radius 1 is 1.30 bits per heavy atom. The van der Waals surface area contributed by atoms with Crippen LogP contribution in [0, 0.1) is 5.92 Å². The van der Waals surface area contributed by atoms with Crippen molar-refractivity contribution in [3.63, 3.8) is 0 Å². The molecule has 0 spiro atoms. The standard InChI is InChI=1S/C14H20N6/c1-19-6-4-12(5-7-19)8-16-13-2-3-14(17-9-13)20-11-15-10-18-20/h2-3,9-12,16H,4-8H2,1H3. The Kier molecular flexibility index (Phi) is 3.92. The number of nitrogens with one attached hydrogen (secondary N) is 1. The van der Waals surface area contributed by atoms with Crippen molar-refractivity contribution in [3.05, 3.63) is 31.0 Å². The van der Waals surface area contributed by atoms with E-state index in [0.717, 1.165) is 24.0 Å². The van der Waals surface area contributed by atoms with Gasteiger partial charge in [0.2, 0.25) is 0 Å². The van der Waals surface area contributed by atoms with Crippen LogP contribution in [0.2, 0.25) is 0 Å². The van der Waals surface area contributed by atoms with Crippen LogP contribution in [0.15, 0.2) is 31.0 Å². The highest BCUT2D eigenvalue weighted by molar-refractivity contribution is 5.43. The predicted octanol–water partition coefficient (Wildman–Crippen LogP) is 1.42. The summed E-state index contributed by atoms with van der Waals surface area (Å²) in [5.74, 6) is 1.55. The van der Waals surface area contributed by atoms with E-state index >= 15 is 0 Å². The third-order valence-electron chi connectivity index (χ3n) is 3.83. The summed E-state index contributed by atoms with van der Waals surface area (Å²) in [5, 5.41) is 7.54. The van der Waals surface area contributed by atoms with Gasteiger partial charge in [-0.3, -0.25) is 0 Å². The molecule has 1 aliphatic heterocycles. The number of likely N-dealkylation sites (tertiary alicyclic amines) is 1. The lowest BCUT2D eigenvalue weighted by atomic mass is 9.97. The minimum absolute atomic E-state index is 0.765. The molecule has 1 saturated heterocycles. The van der Waals surface area contributed by atoms with Crippen molar-refractivity contribution in [2.24, 2.45) is 5.92 Å². The first kappa shape index (κ1) is 13.1. The number of nitrogens with zero attached hydrogens (tertiary/aromatic N) is 5. The second-order valence-electron chi connectivity index (χ2n) is 5.37. The van der Waals surface area contributed by atoms with E-state index in [9.17, 15) is 0 Å². The molecule has 6 nitrogen and oxygen atoms in total. The van der Waals surface area contributed by atoms with Gasteiger partial charge in [-0.05, 0) is 51.0 Å². The molecule has 0 amide bonds. The SMILES string of the molecule is CN1CCC(CNc2ccc(-n3cncn3)nc2)CC1. The molecule has 0 saturated carbocycles. The van der Waals surface area contributed by atoms with Gasteiger partial charge >= 0.3 is 0 Å². The number of rotatable bonds is 4. The van der Waals surface area contributed by atoms with Crippen LogP contribution >= 0.6 is 0 Å². The predicted molar refractivity (Wildman–Crippen MR) is 77.9 cm³/mol. The first-order valence-corrected chi connectivity index (χ1v) is 7.05. The average Bonchev–Trinajstić information content (AvgIpc) is 3.01. The molecular formula is C14H20N6. The summed E-state index contributed by atoms with van der Waals surface area (Å²) in [6, 6.07) is 3.99. The number of pyridine rings is 1. The van der Waals surface area contributed by atoms with Crippen LogP contribution in [0.25, 0.3) is 5.82 Å². The Balaban J connectivity index is 1.53. The molecule has 1 fully saturated rings. The molecule has 0 bridgehead atoms. The maximum absolute atomic E-state index is 4.39. The van der Waals surface area contributed by atoms with E-state index in [4.69, 9.17) is 0 Å². The van der Waals surface area contributed by atoms with Gasteiger partial charge in [-0.1, -0.05) is 0 Å². The van der Waals surface area contributed by atoms with E-state index < -0.39 is 0 Å². The zero-order chi connectivity index (χ0) is 13.8. The number of hydrogen-bond donors (Lipinski definition) is 1. The lowest BCUT2D eigenvalue weighted by Crippen LogP contribution is -2.32. The molecule has 20 heavy (non-hydrogen) atoms. The van der Waals surface area contributed by atoms with Gasteiger partial charge in [0.05, 0.1) is 11.9 Å². The molecule has 2 aromatic rings. The molecule has 0 aliphatic carbocycles. The van der Waals surface area contributed by atoms with Crippen molar-refractivity contribution in [1.29, 1.82) is 0 Å². The molecule has 0 radical (unpaired) electrons. The maximum atomic E-state index is 4.39. The Morgan fingerprint density at radius 2 is 2.15 bits per heavy atom. The van der Waals surface area contributed by atoms with Gasteiger partial charge < -0.3 is 10.2 Å². The fourth-order valence-corrected chi connectivity index (χ4v) is 2.48. The quantitative estimate of drug-likeness (QED) is 0.912. The van der Waals surface area contributed by atoms with Crippen molar-refractivity contribution < 1.29 is 0 Å². The highest BCUT2D eigenvalue weighted by Crippen LogP contribution is 2.17. The minimum Gasteiger partial charge on any atom is -0.384 e. The lowest BCUT2D eigenvalue weighted by molar-refractivity contribution is 0.226. The molecule has 1 aliphatic rings. The van der Waals surface area contributed by atoms with Gasteiger partial charge in [-0.25, -0.2) is 14.6 Å². The van der Waals surface area contributed by atoms with Crippen LogP contribution in [-0.2, 0) is 0 Å². The molecule has 0 atom stereocenters. The van der Waals surface area contributed by atoms with Crippen molar-refractivity contribution in [2.75, 3.05) is 32.0 Å². The van der Waals surface area contributed by atoms with Gasteiger partial charge in [0.25, 0.3) is 0 Å². The molecule has 0 aromatic carbocycles. The Hall–Kier alpha value is -1.95. The largest absolute Gasteiger partial charge is 0.384 e.